The van der Waals surface area contributed by atoms with Gasteiger partial charge in [-0.3, -0.25) is 9.69 Å². The third-order valence-electron chi connectivity index (χ3n) is 5.89. The van der Waals surface area contributed by atoms with Crippen LogP contribution in [0.3, 0.4) is 0 Å². The lowest BCUT2D eigenvalue weighted by atomic mass is 10.1. The van der Waals surface area contributed by atoms with Crippen LogP contribution in [-0.4, -0.2) is 60.0 Å². The van der Waals surface area contributed by atoms with E-state index in [-0.39, 0.29) is 5.91 Å². The smallest absolute Gasteiger partial charge is 0.251 e. The molecular weight excluding hydrogens is 494 g/mol. The van der Waals surface area contributed by atoms with Gasteiger partial charge in [0.1, 0.15) is 0 Å². The predicted molar refractivity (Wildman–Crippen MR) is 138 cm³/mol. The Labute approximate surface area is 206 Å². The van der Waals surface area contributed by atoms with Crippen LogP contribution in [0.25, 0.3) is 16.6 Å². The highest BCUT2D eigenvalue weighted by atomic mass is 79.9. The van der Waals surface area contributed by atoms with Crippen LogP contribution in [0.2, 0.25) is 0 Å². The number of halogens is 1. The molecule has 0 bridgehead atoms. The molecule has 0 aliphatic carbocycles. The molecule has 0 atom stereocenters. The summed E-state index contributed by atoms with van der Waals surface area (Å²) in [4.78, 5) is 15.0. The van der Waals surface area contributed by atoms with Crippen LogP contribution in [0, 0.1) is 0 Å². The van der Waals surface area contributed by atoms with Crippen molar-refractivity contribution >= 4 is 44.1 Å². The highest BCUT2D eigenvalue weighted by molar-refractivity contribution is 9.10. The minimum atomic E-state index is -0.0773. The number of benzene rings is 3. The summed E-state index contributed by atoms with van der Waals surface area (Å²) >= 11 is 3.57. The van der Waals surface area contributed by atoms with Gasteiger partial charge in [-0.2, -0.15) is 5.10 Å². The van der Waals surface area contributed by atoms with Gasteiger partial charge in [0.2, 0.25) is 0 Å². The number of nitrogens with zero attached hydrogens (tertiary/aromatic N) is 3. The van der Waals surface area contributed by atoms with Gasteiger partial charge in [-0.25, -0.2) is 4.68 Å². The Morgan fingerprint density at radius 1 is 1.03 bits per heavy atom. The summed E-state index contributed by atoms with van der Waals surface area (Å²) in [7, 11) is 0. The van der Waals surface area contributed by atoms with Crippen molar-refractivity contribution in [1.82, 2.24) is 20.0 Å². The third kappa shape index (κ3) is 5.14. The molecule has 174 valence electrons. The van der Waals surface area contributed by atoms with E-state index in [1.54, 1.807) is 0 Å². The zero-order chi connectivity index (χ0) is 23.3. The molecule has 7 nitrogen and oxygen atoms in total. The first-order valence-corrected chi connectivity index (χ1v) is 12.1. The molecule has 34 heavy (non-hydrogen) atoms. The van der Waals surface area contributed by atoms with Crippen molar-refractivity contribution in [2.24, 2.45) is 0 Å². The summed E-state index contributed by atoms with van der Waals surface area (Å²) in [5.74, 6) is -0.0773. The van der Waals surface area contributed by atoms with E-state index in [0.717, 1.165) is 65.3 Å². The summed E-state index contributed by atoms with van der Waals surface area (Å²) in [6, 6.07) is 21.7. The Morgan fingerprint density at radius 2 is 1.88 bits per heavy atom. The average molecular weight is 520 g/mol. The van der Waals surface area contributed by atoms with Crippen molar-refractivity contribution in [3.05, 3.63) is 83.0 Å². The van der Waals surface area contributed by atoms with E-state index in [2.05, 4.69) is 42.6 Å². The molecule has 0 saturated carbocycles. The van der Waals surface area contributed by atoms with Crippen molar-refractivity contribution in [1.29, 1.82) is 0 Å². The van der Waals surface area contributed by atoms with Gasteiger partial charge in [0.15, 0.2) is 0 Å². The Hall–Kier alpha value is -3.20. The molecule has 2 heterocycles. The van der Waals surface area contributed by atoms with Gasteiger partial charge in [-0.1, -0.05) is 18.2 Å². The van der Waals surface area contributed by atoms with Crippen molar-refractivity contribution in [3.8, 4) is 5.69 Å². The maximum atomic E-state index is 12.7. The predicted octanol–water partition coefficient (Wildman–Crippen LogP) is 4.59. The summed E-state index contributed by atoms with van der Waals surface area (Å²) in [5.41, 5.74) is 4.43. The molecule has 1 amide bonds. The first-order chi connectivity index (χ1) is 16.7. The molecule has 1 aliphatic rings. The van der Waals surface area contributed by atoms with E-state index in [9.17, 15) is 4.79 Å². The van der Waals surface area contributed by atoms with Gasteiger partial charge in [0.05, 0.1) is 36.3 Å². The number of rotatable bonds is 7. The number of anilines is 2. The van der Waals surface area contributed by atoms with E-state index in [1.165, 1.54) is 0 Å². The van der Waals surface area contributed by atoms with Gasteiger partial charge >= 0.3 is 0 Å². The lowest BCUT2D eigenvalue weighted by Crippen LogP contribution is -2.41. The lowest BCUT2D eigenvalue weighted by Gasteiger charge is -2.26. The van der Waals surface area contributed by atoms with Crippen molar-refractivity contribution < 1.29 is 9.53 Å². The molecule has 1 aliphatic heterocycles. The van der Waals surface area contributed by atoms with Crippen LogP contribution in [-0.2, 0) is 4.74 Å². The molecule has 3 aromatic carbocycles. The van der Waals surface area contributed by atoms with Gasteiger partial charge in [-0.05, 0) is 64.5 Å². The number of fused-ring (bicyclic) bond motifs is 1. The summed E-state index contributed by atoms with van der Waals surface area (Å²) in [5, 5.41) is 12.1. The van der Waals surface area contributed by atoms with E-state index >= 15 is 0 Å². The fourth-order valence-corrected chi connectivity index (χ4v) is 4.45. The summed E-state index contributed by atoms with van der Waals surface area (Å²) in [6.07, 6.45) is 1.84. The molecular formula is C26H26BrN5O2. The van der Waals surface area contributed by atoms with Crippen molar-refractivity contribution in [2.45, 2.75) is 0 Å². The molecule has 0 spiro atoms. The monoisotopic (exact) mass is 519 g/mol. The number of carbonyl (C=O) groups excluding carboxylic acids is 1. The number of nitrogens with one attached hydrogen (secondary N) is 2. The quantitative estimate of drug-likeness (QED) is 0.373. The lowest BCUT2D eigenvalue weighted by molar-refractivity contribution is 0.0383. The van der Waals surface area contributed by atoms with Crippen LogP contribution in [0.15, 0.2) is 77.4 Å². The van der Waals surface area contributed by atoms with E-state index < -0.39 is 0 Å². The SMILES string of the molecule is O=C(NCCN1CCOCC1)c1cccc(-n2ncc3cc(Nc4ccccc4Br)ccc32)c1. The summed E-state index contributed by atoms with van der Waals surface area (Å²) < 4.78 is 8.24. The summed E-state index contributed by atoms with van der Waals surface area (Å²) in [6.45, 7) is 4.79. The molecule has 5 rings (SSSR count). The largest absolute Gasteiger partial charge is 0.379 e. The second kappa shape index (κ2) is 10.4. The number of para-hydroxylation sites is 1. The second-order valence-corrected chi connectivity index (χ2v) is 9.05. The maximum absolute atomic E-state index is 12.7. The normalized spacial score (nSPS) is 14.3. The molecule has 4 aromatic rings. The standard InChI is InChI=1S/C26H26BrN5O2/c27-23-6-1-2-7-24(23)30-21-8-9-25-20(16-21)18-29-32(25)22-5-3-4-19(17-22)26(33)28-10-11-31-12-14-34-15-13-31/h1-9,16-18,30H,10-15H2,(H,28,33). The van der Waals surface area contributed by atoms with Crippen LogP contribution >= 0.6 is 15.9 Å². The Bertz CT molecular complexity index is 1300. The van der Waals surface area contributed by atoms with Crippen LogP contribution < -0.4 is 10.6 Å². The number of hydrogen-bond donors (Lipinski definition) is 2. The first kappa shape index (κ1) is 22.6. The van der Waals surface area contributed by atoms with Gasteiger partial charge in [-0.15, -0.1) is 0 Å². The minimum absolute atomic E-state index is 0.0773. The fraction of sp³-hybridized carbons (Fsp3) is 0.231. The molecule has 1 saturated heterocycles. The van der Waals surface area contributed by atoms with Crippen LogP contribution in [0.4, 0.5) is 11.4 Å². The number of aromatic nitrogens is 2. The topological polar surface area (TPSA) is 71.4 Å². The van der Waals surface area contributed by atoms with E-state index in [1.807, 2.05) is 71.5 Å². The average Bonchev–Trinajstić information content (AvgIpc) is 3.29. The zero-order valence-corrected chi connectivity index (χ0v) is 20.3. The third-order valence-corrected chi connectivity index (χ3v) is 6.58. The number of morpholine rings is 1. The number of hydrogen-bond acceptors (Lipinski definition) is 5. The molecule has 0 unspecified atom stereocenters. The van der Waals surface area contributed by atoms with Gasteiger partial charge < -0.3 is 15.4 Å². The second-order valence-electron chi connectivity index (χ2n) is 8.20. The fourth-order valence-electron chi connectivity index (χ4n) is 4.07. The van der Waals surface area contributed by atoms with Gasteiger partial charge in [0.25, 0.3) is 5.91 Å². The van der Waals surface area contributed by atoms with E-state index in [0.29, 0.717) is 12.1 Å². The number of ether oxygens (including phenoxy) is 1. The maximum Gasteiger partial charge on any atom is 0.251 e. The first-order valence-electron chi connectivity index (χ1n) is 11.4. The number of carbonyl (C=O) groups is 1. The van der Waals surface area contributed by atoms with Crippen molar-refractivity contribution in [2.75, 3.05) is 44.7 Å². The molecule has 1 fully saturated rings. The molecule has 1 aromatic heterocycles. The Kier molecular flexibility index (Phi) is 6.89. The van der Waals surface area contributed by atoms with Crippen molar-refractivity contribution in [3.63, 3.8) is 0 Å². The van der Waals surface area contributed by atoms with Gasteiger partial charge in [0, 0.05) is 47.3 Å². The molecule has 2 N–H and O–H groups in total. The Morgan fingerprint density at radius 3 is 2.74 bits per heavy atom. The molecule has 8 heteroatoms. The Balaban J connectivity index is 1.29. The highest BCUT2D eigenvalue weighted by Gasteiger charge is 2.13. The molecule has 0 radical (unpaired) electrons. The minimum Gasteiger partial charge on any atom is -0.379 e. The number of amides is 1. The highest BCUT2D eigenvalue weighted by Crippen LogP contribution is 2.28. The van der Waals surface area contributed by atoms with Crippen LogP contribution in [0.1, 0.15) is 10.4 Å². The van der Waals surface area contributed by atoms with E-state index in [4.69, 9.17) is 4.74 Å². The zero-order valence-electron chi connectivity index (χ0n) is 18.7. The van der Waals surface area contributed by atoms with Crippen LogP contribution in [0.5, 0.6) is 0 Å².